The van der Waals surface area contributed by atoms with Crippen LogP contribution in [0.1, 0.15) is 40.7 Å². The van der Waals surface area contributed by atoms with Crippen molar-refractivity contribution in [1.29, 1.82) is 0 Å². The zero-order valence-electron chi connectivity index (χ0n) is 34.6. The van der Waals surface area contributed by atoms with Gasteiger partial charge in [-0.3, -0.25) is 0 Å². The molecule has 0 radical (unpaired) electrons. The molecule has 1 heterocycles. The average molecular weight is 804 g/mol. The Balaban J connectivity index is 1.06. The predicted octanol–water partition coefficient (Wildman–Crippen LogP) is 16.5. The molecule has 9 aromatic carbocycles. The number of rotatable bonds is 6. The number of fused-ring (bicyclic) bond motifs is 14. The van der Waals surface area contributed by atoms with Crippen molar-refractivity contribution in [3.05, 3.63) is 252 Å². The van der Waals surface area contributed by atoms with Gasteiger partial charge in [0.1, 0.15) is 11.2 Å². The molecular formula is C61H41NO. The third-order valence-electron chi connectivity index (χ3n) is 13.7. The van der Waals surface area contributed by atoms with E-state index in [0.29, 0.717) is 0 Å². The van der Waals surface area contributed by atoms with Crippen LogP contribution in [0.25, 0.3) is 72.0 Å². The van der Waals surface area contributed by atoms with Crippen molar-refractivity contribution in [2.75, 3.05) is 4.90 Å². The van der Waals surface area contributed by atoms with Gasteiger partial charge in [0.15, 0.2) is 0 Å². The molecule has 296 valence electrons. The van der Waals surface area contributed by atoms with Crippen molar-refractivity contribution in [1.82, 2.24) is 0 Å². The summed E-state index contributed by atoms with van der Waals surface area (Å²) < 4.78 is 6.88. The molecule has 0 fully saturated rings. The van der Waals surface area contributed by atoms with E-state index in [1.165, 1.54) is 77.9 Å². The summed E-state index contributed by atoms with van der Waals surface area (Å²) in [5, 5.41) is 2.29. The monoisotopic (exact) mass is 803 g/mol. The molecular weight excluding hydrogens is 763 g/mol. The van der Waals surface area contributed by atoms with Gasteiger partial charge in [0.05, 0.1) is 5.41 Å². The van der Waals surface area contributed by atoms with Gasteiger partial charge in [-0.15, -0.1) is 0 Å². The molecule has 0 saturated carbocycles. The fourth-order valence-corrected chi connectivity index (χ4v) is 10.9. The molecule has 0 bridgehead atoms. The predicted molar refractivity (Wildman–Crippen MR) is 262 cm³/mol. The van der Waals surface area contributed by atoms with Gasteiger partial charge >= 0.3 is 0 Å². The minimum atomic E-state index is -0.600. The van der Waals surface area contributed by atoms with Gasteiger partial charge in [0, 0.05) is 33.4 Å². The summed E-state index contributed by atoms with van der Waals surface area (Å²) >= 11 is 0. The highest BCUT2D eigenvalue weighted by molar-refractivity contribution is 6.13. The van der Waals surface area contributed by atoms with Crippen LogP contribution < -0.4 is 4.90 Å². The molecule has 0 N–H and O–H groups in total. The summed E-state index contributed by atoms with van der Waals surface area (Å²) in [6.07, 6.45) is 9.07. The van der Waals surface area contributed by atoms with Crippen molar-refractivity contribution >= 4 is 44.6 Å². The number of furan rings is 1. The fourth-order valence-electron chi connectivity index (χ4n) is 10.9. The highest BCUT2D eigenvalue weighted by Crippen LogP contribution is 2.65. The largest absolute Gasteiger partial charge is 0.455 e. The molecule has 2 heteroatoms. The molecule has 10 aromatic rings. The van der Waals surface area contributed by atoms with E-state index >= 15 is 0 Å². The van der Waals surface area contributed by atoms with E-state index in [1.807, 2.05) is 0 Å². The summed E-state index contributed by atoms with van der Waals surface area (Å²) in [6.45, 7) is 0. The van der Waals surface area contributed by atoms with Gasteiger partial charge in [-0.05, 0) is 134 Å². The van der Waals surface area contributed by atoms with Crippen LogP contribution in [0, 0.1) is 0 Å². The zero-order valence-corrected chi connectivity index (χ0v) is 34.6. The van der Waals surface area contributed by atoms with Gasteiger partial charge in [0.2, 0.25) is 0 Å². The Hall–Kier alpha value is -7.94. The minimum absolute atomic E-state index is 0.600. The Morgan fingerprint density at radius 1 is 0.397 bits per heavy atom. The van der Waals surface area contributed by atoms with Crippen LogP contribution >= 0.6 is 0 Å². The first-order valence-corrected chi connectivity index (χ1v) is 22.1. The van der Waals surface area contributed by atoms with Gasteiger partial charge in [-0.25, -0.2) is 0 Å². The van der Waals surface area contributed by atoms with Crippen LogP contribution in [0.5, 0.6) is 0 Å². The number of benzene rings is 9. The van der Waals surface area contributed by atoms with Crippen molar-refractivity contribution in [2.45, 2.75) is 18.3 Å². The lowest BCUT2D eigenvalue weighted by Crippen LogP contribution is -2.26. The number of hydrogen-bond acceptors (Lipinski definition) is 2. The maximum Gasteiger partial charge on any atom is 0.143 e. The third kappa shape index (κ3) is 5.38. The van der Waals surface area contributed by atoms with E-state index < -0.39 is 5.41 Å². The lowest BCUT2D eigenvalue weighted by molar-refractivity contribution is 0.669. The Bertz CT molecular complexity index is 3480. The van der Waals surface area contributed by atoms with Crippen molar-refractivity contribution < 1.29 is 4.42 Å². The number of anilines is 3. The van der Waals surface area contributed by atoms with Crippen molar-refractivity contribution in [3.63, 3.8) is 0 Å². The van der Waals surface area contributed by atoms with E-state index in [4.69, 9.17) is 4.42 Å². The quantitative estimate of drug-likeness (QED) is 0.166. The topological polar surface area (TPSA) is 16.4 Å². The average Bonchev–Trinajstić information content (AvgIpc) is 3.99. The SMILES string of the molecule is C1=CC(c2ccc(N(c3ccc(-c4ccccc4)cc3)c3ccc4c(c3)C3(c5cc(-c6ccccc6)ccc5-4)c4ccccc4-c4c3ccc3c4oc4ccccc43)cc2)=CCC1. The Labute approximate surface area is 367 Å². The highest BCUT2D eigenvalue weighted by atomic mass is 16.3. The van der Waals surface area contributed by atoms with Crippen LogP contribution in [0.2, 0.25) is 0 Å². The van der Waals surface area contributed by atoms with Gasteiger partial charge in [-0.1, -0.05) is 176 Å². The lowest BCUT2D eigenvalue weighted by atomic mass is 9.70. The third-order valence-corrected chi connectivity index (χ3v) is 13.7. The zero-order chi connectivity index (χ0) is 41.5. The number of allylic oxidation sites excluding steroid dienone is 4. The fraction of sp³-hybridized carbons (Fsp3) is 0.0492. The van der Waals surface area contributed by atoms with E-state index in [0.717, 1.165) is 51.8 Å². The molecule has 2 nitrogen and oxygen atoms in total. The first kappa shape index (κ1) is 35.8. The highest BCUT2D eigenvalue weighted by Gasteiger charge is 2.53. The van der Waals surface area contributed by atoms with E-state index in [1.54, 1.807) is 0 Å². The summed E-state index contributed by atoms with van der Waals surface area (Å²) in [6, 6.07) is 76.1. The molecule has 13 rings (SSSR count). The molecule has 3 aliphatic rings. The summed E-state index contributed by atoms with van der Waals surface area (Å²) in [5.74, 6) is 0. The first-order valence-electron chi connectivity index (χ1n) is 22.1. The molecule has 0 amide bonds. The van der Waals surface area contributed by atoms with Crippen LogP contribution in [-0.2, 0) is 5.41 Å². The lowest BCUT2D eigenvalue weighted by Gasteiger charge is -2.32. The minimum Gasteiger partial charge on any atom is -0.455 e. The Kier molecular flexibility index (Phi) is 7.98. The van der Waals surface area contributed by atoms with Gasteiger partial charge < -0.3 is 9.32 Å². The second-order valence-corrected chi connectivity index (χ2v) is 17.0. The van der Waals surface area contributed by atoms with E-state index in [9.17, 15) is 0 Å². The van der Waals surface area contributed by atoms with Crippen LogP contribution in [-0.4, -0.2) is 0 Å². The first-order chi connectivity index (χ1) is 31.2. The molecule has 1 aromatic heterocycles. The van der Waals surface area contributed by atoms with E-state index in [2.05, 4.69) is 229 Å². The van der Waals surface area contributed by atoms with Crippen LogP contribution in [0.4, 0.5) is 17.1 Å². The normalized spacial score (nSPS) is 15.6. The molecule has 63 heavy (non-hydrogen) atoms. The van der Waals surface area contributed by atoms with Crippen molar-refractivity contribution in [3.8, 4) is 44.5 Å². The smallest absolute Gasteiger partial charge is 0.143 e. The molecule has 3 aliphatic carbocycles. The van der Waals surface area contributed by atoms with Crippen LogP contribution in [0.15, 0.2) is 229 Å². The standard InChI is InChI=1S/C61H41NO/c1-4-14-40(15-5-1)43-24-29-46(30-25-43)62(47-31-26-44(27-32-47)41-16-6-2-7-17-41)48-33-35-50-49-34-28-45(42-18-8-3-9-19-42)38-56(49)61(57(50)39-48)54-22-12-10-21-53(54)59-55(61)37-36-52-51-20-11-13-23-58(51)63-60(52)59/h1,3-6,8-39H,2,7H2. The number of hydrogen-bond donors (Lipinski definition) is 0. The molecule has 1 unspecified atom stereocenters. The molecule has 1 atom stereocenters. The van der Waals surface area contributed by atoms with Gasteiger partial charge in [0.25, 0.3) is 0 Å². The summed E-state index contributed by atoms with van der Waals surface area (Å²) in [7, 11) is 0. The molecule has 1 spiro atoms. The van der Waals surface area contributed by atoms with Gasteiger partial charge in [-0.2, -0.15) is 0 Å². The molecule has 0 aliphatic heterocycles. The summed E-state index contributed by atoms with van der Waals surface area (Å²) in [5.41, 5.74) is 22.0. The Morgan fingerprint density at radius 3 is 1.75 bits per heavy atom. The second-order valence-electron chi connectivity index (χ2n) is 17.0. The maximum absolute atomic E-state index is 6.88. The maximum atomic E-state index is 6.88. The van der Waals surface area contributed by atoms with Crippen molar-refractivity contribution in [2.24, 2.45) is 0 Å². The summed E-state index contributed by atoms with van der Waals surface area (Å²) in [4.78, 5) is 2.43. The molecule has 0 saturated heterocycles. The van der Waals surface area contributed by atoms with E-state index in [-0.39, 0.29) is 0 Å². The number of para-hydroxylation sites is 1. The second kappa shape index (κ2) is 14.1. The van der Waals surface area contributed by atoms with Crippen LogP contribution in [0.3, 0.4) is 0 Å². The number of nitrogens with zero attached hydrogens (tertiary/aromatic N) is 1. The Morgan fingerprint density at radius 2 is 1.00 bits per heavy atom.